The molecule has 0 N–H and O–H groups in total. The van der Waals surface area contributed by atoms with Gasteiger partial charge in [-0.2, -0.15) is 9.13 Å². The highest BCUT2D eigenvalue weighted by atomic mass is 15.1. The predicted molar refractivity (Wildman–Crippen MR) is 155 cm³/mol. The average Bonchev–Trinajstić information content (AvgIpc) is 3.37. The summed E-state index contributed by atoms with van der Waals surface area (Å²) in [4.78, 5) is 0. The van der Waals surface area contributed by atoms with E-state index >= 15 is 0 Å². The Bertz CT molecular complexity index is 1990. The number of benzene rings is 7. The van der Waals surface area contributed by atoms with Crippen molar-refractivity contribution in [3.63, 3.8) is 0 Å². The first-order valence-corrected chi connectivity index (χ1v) is 12.7. The van der Waals surface area contributed by atoms with Crippen LogP contribution < -0.4 is 4.57 Å². The van der Waals surface area contributed by atoms with E-state index in [4.69, 9.17) is 0 Å². The van der Waals surface area contributed by atoms with E-state index in [9.17, 15) is 0 Å². The summed E-state index contributed by atoms with van der Waals surface area (Å²) in [5.74, 6) is 0. The van der Waals surface area contributed by atoms with Gasteiger partial charge in [0, 0.05) is 21.5 Å². The SMILES string of the molecule is c1ccc2c(-n3c[n+](-c4cccc5ccccc45)c4c5ccccc5c5ccccc5c43)cccc2c1. The molecular weight excluding hydrogens is 448 g/mol. The van der Waals surface area contributed by atoms with Crippen LogP contribution in [-0.2, 0) is 0 Å². The van der Waals surface area contributed by atoms with Gasteiger partial charge in [-0.3, -0.25) is 0 Å². The number of nitrogens with zero attached hydrogens (tertiary/aromatic N) is 2. The summed E-state index contributed by atoms with van der Waals surface area (Å²) in [5, 5.41) is 10.0. The fraction of sp³-hybridized carbons (Fsp3) is 0. The molecule has 1 heterocycles. The first kappa shape index (κ1) is 20.3. The van der Waals surface area contributed by atoms with Gasteiger partial charge in [-0.15, -0.1) is 0 Å². The second kappa shape index (κ2) is 7.78. The summed E-state index contributed by atoms with van der Waals surface area (Å²) in [6.07, 6.45) is 2.28. The predicted octanol–water partition coefficient (Wildman–Crippen LogP) is 8.52. The third-order valence-electron chi connectivity index (χ3n) is 7.64. The summed E-state index contributed by atoms with van der Waals surface area (Å²) in [5.41, 5.74) is 4.81. The van der Waals surface area contributed by atoms with Crippen LogP contribution in [-0.4, -0.2) is 4.57 Å². The van der Waals surface area contributed by atoms with Gasteiger partial charge in [0.1, 0.15) is 11.4 Å². The van der Waals surface area contributed by atoms with Crippen LogP contribution in [0.5, 0.6) is 0 Å². The van der Waals surface area contributed by atoms with Crippen molar-refractivity contribution in [2.24, 2.45) is 0 Å². The lowest BCUT2D eigenvalue weighted by atomic mass is 9.99. The molecule has 2 nitrogen and oxygen atoms in total. The summed E-state index contributed by atoms with van der Waals surface area (Å²) in [6.45, 7) is 0. The molecule has 0 amide bonds. The Labute approximate surface area is 214 Å². The Kier molecular flexibility index (Phi) is 4.26. The van der Waals surface area contributed by atoms with E-state index in [0.29, 0.717) is 0 Å². The molecule has 2 heteroatoms. The number of fused-ring (bicyclic) bond motifs is 8. The highest BCUT2D eigenvalue weighted by molar-refractivity contribution is 6.23. The average molecular weight is 472 g/mol. The Morgan fingerprint density at radius 3 is 1.68 bits per heavy atom. The number of rotatable bonds is 2. The van der Waals surface area contributed by atoms with Crippen molar-refractivity contribution >= 4 is 54.1 Å². The Morgan fingerprint density at radius 2 is 0.919 bits per heavy atom. The summed E-state index contributed by atoms with van der Waals surface area (Å²) >= 11 is 0. The van der Waals surface area contributed by atoms with Gasteiger partial charge in [-0.25, -0.2) is 0 Å². The van der Waals surface area contributed by atoms with Crippen molar-refractivity contribution in [2.45, 2.75) is 0 Å². The fourth-order valence-electron chi connectivity index (χ4n) is 6.02. The largest absolute Gasteiger partial charge is 0.255 e. The molecule has 7 aromatic carbocycles. The third-order valence-corrected chi connectivity index (χ3v) is 7.64. The van der Waals surface area contributed by atoms with Gasteiger partial charge in [0.15, 0.2) is 11.0 Å². The zero-order chi connectivity index (χ0) is 24.3. The first-order chi connectivity index (χ1) is 18.4. The zero-order valence-electron chi connectivity index (χ0n) is 20.2. The van der Waals surface area contributed by atoms with E-state index in [-0.39, 0.29) is 0 Å². The van der Waals surface area contributed by atoms with Gasteiger partial charge in [0.2, 0.25) is 0 Å². The molecule has 172 valence electrons. The molecule has 0 radical (unpaired) electrons. The van der Waals surface area contributed by atoms with Gasteiger partial charge < -0.3 is 0 Å². The molecule has 0 aliphatic carbocycles. The zero-order valence-corrected chi connectivity index (χ0v) is 20.2. The van der Waals surface area contributed by atoms with Crippen LogP contribution in [0.2, 0.25) is 0 Å². The van der Waals surface area contributed by atoms with Crippen LogP contribution in [0.4, 0.5) is 0 Å². The van der Waals surface area contributed by atoms with Crippen LogP contribution in [0.1, 0.15) is 0 Å². The van der Waals surface area contributed by atoms with Crippen LogP contribution in [0.3, 0.4) is 0 Å². The molecular formula is C35H23N2+. The topological polar surface area (TPSA) is 8.81 Å². The number of hydrogen-bond donors (Lipinski definition) is 0. The lowest BCUT2D eigenvalue weighted by Gasteiger charge is -2.08. The van der Waals surface area contributed by atoms with E-state index in [1.54, 1.807) is 0 Å². The molecule has 0 saturated carbocycles. The standard InChI is InChI=1S/C35H23N2/c1-3-15-26-24(11-1)13-9-21-32(26)36-23-37(33-22-10-14-25-12-2-4-16-27(25)33)35-31-20-8-6-18-29(31)28-17-5-7-19-30(28)34(35)36/h1-23H/q+1. The van der Waals surface area contributed by atoms with Crippen LogP contribution in [0.25, 0.3) is 65.5 Å². The Hall–Kier alpha value is -4.95. The molecule has 0 aliphatic rings. The molecule has 0 atom stereocenters. The summed E-state index contributed by atoms with van der Waals surface area (Å²) < 4.78 is 4.79. The van der Waals surface area contributed by atoms with E-state index < -0.39 is 0 Å². The van der Waals surface area contributed by atoms with Gasteiger partial charge in [0.05, 0.1) is 0 Å². The molecule has 8 rings (SSSR count). The van der Waals surface area contributed by atoms with Gasteiger partial charge >= 0.3 is 0 Å². The highest BCUT2D eigenvalue weighted by Crippen LogP contribution is 2.37. The first-order valence-electron chi connectivity index (χ1n) is 12.7. The van der Waals surface area contributed by atoms with E-state index in [0.717, 1.165) is 0 Å². The quantitative estimate of drug-likeness (QED) is 0.176. The highest BCUT2D eigenvalue weighted by Gasteiger charge is 2.26. The van der Waals surface area contributed by atoms with Crippen LogP contribution >= 0.6 is 0 Å². The Morgan fingerprint density at radius 1 is 0.405 bits per heavy atom. The van der Waals surface area contributed by atoms with Crippen molar-refractivity contribution in [1.29, 1.82) is 0 Å². The molecule has 0 bridgehead atoms. The maximum Gasteiger partial charge on any atom is 0.255 e. The maximum absolute atomic E-state index is 2.40. The molecule has 0 unspecified atom stereocenters. The van der Waals surface area contributed by atoms with Crippen LogP contribution in [0, 0.1) is 0 Å². The van der Waals surface area contributed by atoms with Gasteiger partial charge in [-0.05, 0) is 45.8 Å². The number of imidazole rings is 1. The molecule has 37 heavy (non-hydrogen) atoms. The second-order valence-electron chi connectivity index (χ2n) is 9.64. The summed E-state index contributed by atoms with van der Waals surface area (Å²) in [7, 11) is 0. The van der Waals surface area contributed by atoms with Crippen molar-refractivity contribution in [3.05, 3.63) is 140 Å². The third kappa shape index (κ3) is 2.90. The molecule has 0 saturated heterocycles. The minimum absolute atomic E-state index is 1.18. The van der Waals surface area contributed by atoms with E-state index in [1.165, 1.54) is 65.5 Å². The molecule has 0 spiro atoms. The van der Waals surface area contributed by atoms with Crippen molar-refractivity contribution in [1.82, 2.24) is 4.57 Å². The molecule has 0 fully saturated rings. The lowest BCUT2D eigenvalue weighted by Crippen LogP contribution is -2.29. The maximum atomic E-state index is 2.40. The Balaban J connectivity index is 1.64. The molecule has 1 aromatic heterocycles. The minimum atomic E-state index is 1.18. The molecule has 0 aliphatic heterocycles. The van der Waals surface area contributed by atoms with Gasteiger partial charge in [-0.1, -0.05) is 109 Å². The van der Waals surface area contributed by atoms with Crippen molar-refractivity contribution in [2.75, 3.05) is 0 Å². The summed E-state index contributed by atoms with van der Waals surface area (Å²) in [6, 6.07) is 48.1. The smallest absolute Gasteiger partial charge is 0.193 e. The number of hydrogen-bond acceptors (Lipinski definition) is 0. The monoisotopic (exact) mass is 471 g/mol. The van der Waals surface area contributed by atoms with E-state index in [1.807, 2.05) is 0 Å². The fourth-order valence-corrected chi connectivity index (χ4v) is 6.02. The number of aromatic nitrogens is 2. The minimum Gasteiger partial charge on any atom is -0.193 e. The van der Waals surface area contributed by atoms with Crippen molar-refractivity contribution in [3.8, 4) is 11.4 Å². The second-order valence-corrected chi connectivity index (χ2v) is 9.64. The molecule has 8 aromatic rings. The van der Waals surface area contributed by atoms with Crippen LogP contribution in [0.15, 0.2) is 140 Å². The normalized spacial score (nSPS) is 11.8. The van der Waals surface area contributed by atoms with E-state index in [2.05, 4.69) is 149 Å². The van der Waals surface area contributed by atoms with Gasteiger partial charge in [0.25, 0.3) is 6.33 Å². The van der Waals surface area contributed by atoms with Crippen molar-refractivity contribution < 1.29 is 4.57 Å². The lowest BCUT2D eigenvalue weighted by molar-refractivity contribution is -0.565.